The Morgan fingerprint density at radius 2 is 0.879 bits per heavy atom. The van der Waals surface area contributed by atoms with Crippen LogP contribution in [0.4, 0.5) is 37.7 Å². The number of halogens is 6. The van der Waals surface area contributed by atoms with Crippen molar-refractivity contribution in [1.82, 2.24) is 0 Å². The molecule has 6 aromatic carbocycles. The van der Waals surface area contributed by atoms with Crippen molar-refractivity contribution in [2.45, 2.75) is 19.3 Å². The van der Waals surface area contributed by atoms with Crippen LogP contribution >= 0.6 is 0 Å². The zero-order valence-electron chi connectivity index (χ0n) is 30.3. The summed E-state index contributed by atoms with van der Waals surface area (Å²) in [5, 5.41) is 14.3. The SMILES string of the molecule is CCOC(=O)c1ccc(NC(=O)c2ccccc2-c2ccc(C(F)(F)F)cc2)cc1.O=C(O)c1ccc(NC(=O)c2ccccc2-c2ccc(C(F)(F)F)cc2)cc1. The summed E-state index contributed by atoms with van der Waals surface area (Å²) in [7, 11) is 0. The molecule has 0 aliphatic rings. The molecule has 0 bridgehead atoms. The van der Waals surface area contributed by atoms with Crippen molar-refractivity contribution in [1.29, 1.82) is 0 Å². The quantitative estimate of drug-likeness (QED) is 0.0989. The van der Waals surface area contributed by atoms with Crippen LogP contribution in [-0.4, -0.2) is 35.5 Å². The van der Waals surface area contributed by atoms with E-state index in [1.807, 2.05) is 0 Å². The van der Waals surface area contributed by atoms with Gasteiger partial charge in [0.05, 0.1) is 28.9 Å². The highest BCUT2D eigenvalue weighted by Gasteiger charge is 2.31. The summed E-state index contributed by atoms with van der Waals surface area (Å²) in [6.45, 7) is 1.97. The van der Waals surface area contributed by atoms with Crippen LogP contribution in [-0.2, 0) is 17.1 Å². The van der Waals surface area contributed by atoms with Crippen molar-refractivity contribution in [3.05, 3.63) is 179 Å². The molecule has 6 aromatic rings. The van der Waals surface area contributed by atoms with E-state index < -0.39 is 47.2 Å². The molecule has 3 N–H and O–H groups in total. The first-order valence-electron chi connectivity index (χ1n) is 17.3. The number of alkyl halides is 6. The number of ether oxygens (including phenoxy) is 1. The largest absolute Gasteiger partial charge is 0.478 e. The maximum absolute atomic E-state index is 12.8. The van der Waals surface area contributed by atoms with Gasteiger partial charge in [-0.05, 0) is 114 Å². The second-order valence-corrected chi connectivity index (χ2v) is 12.3. The van der Waals surface area contributed by atoms with Gasteiger partial charge in [-0.15, -0.1) is 0 Å². The molecule has 0 aliphatic heterocycles. The van der Waals surface area contributed by atoms with Crippen molar-refractivity contribution in [2.75, 3.05) is 17.2 Å². The highest BCUT2D eigenvalue weighted by molar-refractivity contribution is 6.09. The van der Waals surface area contributed by atoms with Crippen LogP contribution in [0.2, 0.25) is 0 Å². The lowest BCUT2D eigenvalue weighted by Crippen LogP contribution is -2.13. The second kappa shape index (κ2) is 18.2. The first-order valence-corrected chi connectivity index (χ1v) is 17.3. The van der Waals surface area contributed by atoms with Gasteiger partial charge in [0, 0.05) is 22.5 Å². The molecule has 0 atom stereocenters. The topological polar surface area (TPSA) is 122 Å². The molecule has 0 radical (unpaired) electrons. The number of aromatic carboxylic acids is 1. The van der Waals surface area contributed by atoms with Crippen molar-refractivity contribution >= 4 is 35.1 Å². The molecule has 0 saturated carbocycles. The minimum Gasteiger partial charge on any atom is -0.478 e. The summed E-state index contributed by atoms with van der Waals surface area (Å²) in [6.07, 6.45) is -8.86. The number of anilines is 2. The third-order valence-electron chi connectivity index (χ3n) is 8.43. The van der Waals surface area contributed by atoms with Crippen LogP contribution in [0.25, 0.3) is 22.3 Å². The number of rotatable bonds is 9. The molecule has 0 fully saturated rings. The van der Waals surface area contributed by atoms with Crippen LogP contribution in [0.3, 0.4) is 0 Å². The molecule has 58 heavy (non-hydrogen) atoms. The summed E-state index contributed by atoms with van der Waals surface area (Å²) in [4.78, 5) is 48.0. The summed E-state index contributed by atoms with van der Waals surface area (Å²) in [5.74, 6) is -2.42. The number of amides is 2. The minimum absolute atomic E-state index is 0.0863. The Hall–Kier alpha value is -7.22. The number of carbonyl (C=O) groups excluding carboxylic acids is 3. The van der Waals surface area contributed by atoms with E-state index in [2.05, 4.69) is 10.6 Å². The van der Waals surface area contributed by atoms with E-state index in [0.29, 0.717) is 44.8 Å². The molecular weight excluding hydrogens is 766 g/mol. The van der Waals surface area contributed by atoms with E-state index in [-0.39, 0.29) is 17.7 Å². The lowest BCUT2D eigenvalue weighted by Gasteiger charge is -2.12. The fourth-order valence-electron chi connectivity index (χ4n) is 5.54. The second-order valence-electron chi connectivity index (χ2n) is 12.3. The Labute approximate surface area is 327 Å². The number of esters is 1. The van der Waals surface area contributed by atoms with Crippen molar-refractivity contribution in [3.63, 3.8) is 0 Å². The Morgan fingerprint density at radius 1 is 0.517 bits per heavy atom. The van der Waals surface area contributed by atoms with Crippen molar-refractivity contribution in [2.24, 2.45) is 0 Å². The minimum atomic E-state index is -4.43. The van der Waals surface area contributed by atoms with E-state index in [1.54, 1.807) is 67.6 Å². The first kappa shape index (κ1) is 41.9. The van der Waals surface area contributed by atoms with Crippen LogP contribution in [0.5, 0.6) is 0 Å². The molecule has 14 heteroatoms. The van der Waals surface area contributed by atoms with Crippen molar-refractivity contribution in [3.8, 4) is 22.3 Å². The van der Waals surface area contributed by atoms with Crippen LogP contribution < -0.4 is 10.6 Å². The normalized spacial score (nSPS) is 11.1. The van der Waals surface area contributed by atoms with Crippen molar-refractivity contribution < 1.29 is 55.4 Å². The summed E-state index contributed by atoms with van der Waals surface area (Å²) in [6, 6.07) is 34.3. The Balaban J connectivity index is 0.000000221. The van der Waals surface area contributed by atoms with Gasteiger partial charge >= 0.3 is 24.3 Å². The number of hydrogen-bond acceptors (Lipinski definition) is 5. The van der Waals surface area contributed by atoms with Gasteiger partial charge in [0.15, 0.2) is 0 Å². The predicted octanol–water partition coefficient (Wildman–Crippen LogP) is 11.1. The van der Waals surface area contributed by atoms with E-state index in [9.17, 15) is 45.5 Å². The molecule has 6 rings (SSSR count). The van der Waals surface area contributed by atoms with Gasteiger partial charge in [-0.3, -0.25) is 9.59 Å². The number of carboxylic acid groups (broad SMARTS) is 1. The zero-order chi connectivity index (χ0) is 42.0. The average Bonchev–Trinajstić information content (AvgIpc) is 3.21. The lowest BCUT2D eigenvalue weighted by molar-refractivity contribution is -0.138. The Morgan fingerprint density at radius 3 is 1.22 bits per heavy atom. The van der Waals surface area contributed by atoms with Crippen LogP contribution in [0.15, 0.2) is 146 Å². The monoisotopic (exact) mass is 798 g/mol. The van der Waals surface area contributed by atoms with Gasteiger partial charge < -0.3 is 20.5 Å². The van der Waals surface area contributed by atoms with E-state index in [0.717, 1.165) is 24.3 Å². The van der Waals surface area contributed by atoms with E-state index in [1.165, 1.54) is 60.7 Å². The molecule has 8 nitrogen and oxygen atoms in total. The Kier molecular flexibility index (Phi) is 13.1. The fourth-order valence-corrected chi connectivity index (χ4v) is 5.54. The highest BCUT2D eigenvalue weighted by Crippen LogP contribution is 2.33. The molecule has 0 unspecified atom stereocenters. The third-order valence-corrected chi connectivity index (χ3v) is 8.43. The molecule has 0 saturated heterocycles. The van der Waals surface area contributed by atoms with Crippen LogP contribution in [0.1, 0.15) is 59.5 Å². The third kappa shape index (κ3) is 10.8. The predicted molar refractivity (Wildman–Crippen MR) is 205 cm³/mol. The molecule has 296 valence electrons. The number of nitrogens with one attached hydrogen (secondary N) is 2. The molecule has 0 spiro atoms. The fraction of sp³-hybridized carbons (Fsp3) is 0.0909. The zero-order valence-corrected chi connectivity index (χ0v) is 30.3. The van der Waals surface area contributed by atoms with Crippen LogP contribution in [0, 0.1) is 0 Å². The smallest absolute Gasteiger partial charge is 0.416 e. The van der Waals surface area contributed by atoms with E-state index >= 15 is 0 Å². The highest BCUT2D eigenvalue weighted by atomic mass is 19.4. The maximum atomic E-state index is 12.8. The maximum Gasteiger partial charge on any atom is 0.416 e. The molecule has 2 amide bonds. The number of benzene rings is 6. The standard InChI is InChI=1S/C23H18F3NO3.C21H14F3NO3/c1-2-30-22(29)16-9-13-18(14-10-16)27-21(28)20-6-4-3-5-19(20)15-7-11-17(12-8-15)23(24,25)26;22-21(23,24)15-9-5-13(6-10-15)17-3-1-2-4-18(17)19(26)25-16-11-7-14(8-12-16)20(27)28/h3-14H,2H2,1H3,(H,27,28);1-12H,(H,25,26)(H,27,28). The average molecular weight is 799 g/mol. The Bertz CT molecular complexity index is 2390. The number of carbonyl (C=O) groups is 4. The van der Waals surface area contributed by atoms with Gasteiger partial charge in [-0.1, -0.05) is 60.7 Å². The van der Waals surface area contributed by atoms with Gasteiger partial charge in [0.25, 0.3) is 11.8 Å². The summed E-state index contributed by atoms with van der Waals surface area (Å²) in [5.41, 5.74) is 2.34. The number of carboxylic acids is 1. The lowest BCUT2D eigenvalue weighted by atomic mass is 9.98. The van der Waals surface area contributed by atoms with E-state index in [4.69, 9.17) is 9.84 Å². The number of hydrogen-bond donors (Lipinski definition) is 3. The summed E-state index contributed by atoms with van der Waals surface area (Å²) >= 11 is 0. The molecule has 0 heterocycles. The summed E-state index contributed by atoms with van der Waals surface area (Å²) < 4.78 is 81.6. The van der Waals surface area contributed by atoms with Gasteiger partial charge in [-0.25, -0.2) is 9.59 Å². The molecule has 0 aromatic heterocycles. The van der Waals surface area contributed by atoms with Gasteiger partial charge in [0.1, 0.15) is 0 Å². The molecular formula is C44H32F6N2O6. The first-order chi connectivity index (χ1) is 27.5. The van der Waals surface area contributed by atoms with Gasteiger partial charge in [-0.2, -0.15) is 26.3 Å². The van der Waals surface area contributed by atoms with Gasteiger partial charge in [0.2, 0.25) is 0 Å². The molecule has 0 aliphatic carbocycles.